The minimum Gasteiger partial charge on any atom is -0.367 e. The number of halogens is 1. The van der Waals surface area contributed by atoms with Gasteiger partial charge in [0.2, 0.25) is 5.91 Å². The molecule has 2 amide bonds. The lowest BCUT2D eigenvalue weighted by Crippen LogP contribution is -2.48. The molecule has 1 aliphatic rings. The van der Waals surface area contributed by atoms with Gasteiger partial charge < -0.3 is 15.1 Å². The van der Waals surface area contributed by atoms with E-state index in [-0.39, 0.29) is 16.9 Å². The Bertz CT molecular complexity index is 1230. The fourth-order valence-electron chi connectivity index (χ4n) is 3.77. The standard InChI is InChI=1S/C27H25ClN4O2S/c28-23-19-22(29-27(35)30-26(34)21-9-5-2-6-10-21)12-13-24(23)31-15-17-32(18-16-31)25(33)14-11-20-7-3-1-4-8-20/h1-14,19H,15-18H2,(H2,29,30,34,35)/b14-11+. The Hall–Kier alpha value is -3.68. The van der Waals surface area contributed by atoms with Crippen molar-refractivity contribution in [2.75, 3.05) is 36.4 Å². The predicted octanol–water partition coefficient (Wildman–Crippen LogP) is 4.83. The van der Waals surface area contributed by atoms with E-state index in [1.165, 1.54) is 0 Å². The van der Waals surface area contributed by atoms with E-state index in [0.29, 0.717) is 42.5 Å². The van der Waals surface area contributed by atoms with E-state index < -0.39 is 0 Å². The average molecular weight is 505 g/mol. The second-order valence-electron chi connectivity index (χ2n) is 8.00. The number of hydrogen-bond acceptors (Lipinski definition) is 4. The smallest absolute Gasteiger partial charge is 0.257 e. The van der Waals surface area contributed by atoms with Crippen molar-refractivity contribution in [2.45, 2.75) is 0 Å². The van der Waals surface area contributed by atoms with Crippen LogP contribution in [0.3, 0.4) is 0 Å². The maximum absolute atomic E-state index is 12.5. The Morgan fingerprint density at radius 2 is 1.54 bits per heavy atom. The van der Waals surface area contributed by atoms with E-state index >= 15 is 0 Å². The average Bonchev–Trinajstić information content (AvgIpc) is 2.88. The largest absolute Gasteiger partial charge is 0.367 e. The van der Waals surface area contributed by atoms with Crippen LogP contribution >= 0.6 is 23.8 Å². The molecule has 35 heavy (non-hydrogen) atoms. The molecule has 0 aromatic heterocycles. The molecular weight excluding hydrogens is 480 g/mol. The summed E-state index contributed by atoms with van der Waals surface area (Å²) in [6, 6.07) is 24.2. The molecule has 1 saturated heterocycles. The number of nitrogens with one attached hydrogen (secondary N) is 2. The molecule has 1 heterocycles. The first kappa shape index (κ1) is 24.4. The molecule has 0 spiro atoms. The molecule has 0 bridgehead atoms. The molecule has 0 saturated carbocycles. The van der Waals surface area contributed by atoms with E-state index in [4.69, 9.17) is 23.8 Å². The van der Waals surface area contributed by atoms with Crippen LogP contribution < -0.4 is 15.5 Å². The zero-order chi connectivity index (χ0) is 24.6. The summed E-state index contributed by atoms with van der Waals surface area (Å²) in [7, 11) is 0. The summed E-state index contributed by atoms with van der Waals surface area (Å²) < 4.78 is 0. The summed E-state index contributed by atoms with van der Waals surface area (Å²) in [5.74, 6) is -0.276. The van der Waals surface area contributed by atoms with Crippen molar-refractivity contribution >= 4 is 58.2 Å². The SMILES string of the molecule is O=C(NC(=S)Nc1ccc(N2CCN(C(=O)/C=C/c3ccccc3)CC2)c(Cl)c1)c1ccccc1. The Morgan fingerprint density at radius 1 is 0.886 bits per heavy atom. The molecule has 2 N–H and O–H groups in total. The molecule has 4 rings (SSSR count). The molecule has 178 valence electrons. The number of rotatable bonds is 5. The molecule has 8 heteroatoms. The molecule has 1 fully saturated rings. The van der Waals surface area contributed by atoms with Gasteiger partial charge in [-0.1, -0.05) is 60.1 Å². The van der Waals surface area contributed by atoms with Crippen molar-refractivity contribution in [3.63, 3.8) is 0 Å². The van der Waals surface area contributed by atoms with E-state index in [2.05, 4.69) is 15.5 Å². The van der Waals surface area contributed by atoms with Crippen LogP contribution in [0.1, 0.15) is 15.9 Å². The summed E-state index contributed by atoms with van der Waals surface area (Å²) >= 11 is 11.8. The van der Waals surface area contributed by atoms with Crippen LogP contribution in [0.25, 0.3) is 6.08 Å². The normalized spacial score (nSPS) is 13.5. The predicted molar refractivity (Wildman–Crippen MR) is 146 cm³/mol. The number of thiocarbonyl (C=S) groups is 1. The zero-order valence-corrected chi connectivity index (χ0v) is 20.6. The van der Waals surface area contributed by atoms with Crippen LogP contribution in [0.2, 0.25) is 5.02 Å². The lowest BCUT2D eigenvalue weighted by molar-refractivity contribution is -0.126. The first-order valence-corrected chi connectivity index (χ1v) is 12.0. The van der Waals surface area contributed by atoms with E-state index in [1.807, 2.05) is 59.5 Å². The van der Waals surface area contributed by atoms with Gasteiger partial charge in [0, 0.05) is 43.5 Å². The summed E-state index contributed by atoms with van der Waals surface area (Å²) in [6.45, 7) is 2.60. The van der Waals surface area contributed by atoms with Gasteiger partial charge in [-0.05, 0) is 54.2 Å². The summed E-state index contributed by atoms with van der Waals surface area (Å²) in [5, 5.41) is 6.42. The molecule has 0 radical (unpaired) electrons. The van der Waals surface area contributed by atoms with Gasteiger partial charge in [-0.3, -0.25) is 14.9 Å². The van der Waals surface area contributed by atoms with Gasteiger partial charge in [0.1, 0.15) is 0 Å². The van der Waals surface area contributed by atoms with Gasteiger partial charge in [0.05, 0.1) is 10.7 Å². The fourth-order valence-corrected chi connectivity index (χ4v) is 4.28. The second-order valence-corrected chi connectivity index (χ2v) is 8.81. The number of nitrogens with zero attached hydrogens (tertiary/aromatic N) is 2. The number of benzene rings is 3. The van der Waals surface area contributed by atoms with Crippen LogP contribution in [0.15, 0.2) is 84.9 Å². The Morgan fingerprint density at radius 3 is 2.20 bits per heavy atom. The number of carbonyl (C=O) groups excluding carboxylic acids is 2. The summed E-state index contributed by atoms with van der Waals surface area (Å²) in [4.78, 5) is 28.8. The second kappa shape index (κ2) is 11.6. The molecule has 1 aliphatic heterocycles. The quantitative estimate of drug-likeness (QED) is 0.385. The Kier molecular flexibility index (Phi) is 8.13. The van der Waals surface area contributed by atoms with Crippen LogP contribution in [0.4, 0.5) is 11.4 Å². The van der Waals surface area contributed by atoms with E-state index in [0.717, 1.165) is 11.3 Å². The molecule has 3 aromatic carbocycles. The third-order valence-electron chi connectivity index (χ3n) is 5.62. The third-order valence-corrected chi connectivity index (χ3v) is 6.13. The maximum Gasteiger partial charge on any atom is 0.257 e. The lowest BCUT2D eigenvalue weighted by atomic mass is 10.2. The molecule has 0 atom stereocenters. The highest BCUT2D eigenvalue weighted by molar-refractivity contribution is 7.80. The van der Waals surface area contributed by atoms with Crippen molar-refractivity contribution in [1.29, 1.82) is 0 Å². The van der Waals surface area contributed by atoms with E-state index in [9.17, 15) is 9.59 Å². The van der Waals surface area contributed by atoms with Crippen LogP contribution in [0, 0.1) is 0 Å². The highest BCUT2D eigenvalue weighted by Crippen LogP contribution is 2.29. The number of anilines is 2. The van der Waals surface area contributed by atoms with E-state index in [1.54, 1.807) is 36.4 Å². The monoisotopic (exact) mass is 504 g/mol. The minimum absolute atomic E-state index is 0.00482. The van der Waals surface area contributed by atoms with Crippen molar-refractivity contribution in [1.82, 2.24) is 10.2 Å². The van der Waals surface area contributed by atoms with Crippen LogP contribution in [-0.4, -0.2) is 48.0 Å². The van der Waals surface area contributed by atoms with Gasteiger partial charge >= 0.3 is 0 Å². The summed E-state index contributed by atoms with van der Waals surface area (Å²) in [6.07, 6.45) is 3.46. The molecular formula is C27H25ClN4O2S. The van der Waals surface area contributed by atoms with Crippen molar-refractivity contribution in [3.05, 3.63) is 101 Å². The van der Waals surface area contributed by atoms with Gasteiger partial charge in [-0.25, -0.2) is 0 Å². The van der Waals surface area contributed by atoms with Crippen LogP contribution in [-0.2, 0) is 4.79 Å². The Balaban J connectivity index is 1.29. The van der Waals surface area contributed by atoms with Gasteiger partial charge in [-0.15, -0.1) is 0 Å². The van der Waals surface area contributed by atoms with Crippen molar-refractivity contribution in [3.8, 4) is 0 Å². The summed E-state index contributed by atoms with van der Waals surface area (Å²) in [5.41, 5.74) is 3.10. The zero-order valence-electron chi connectivity index (χ0n) is 19.0. The number of piperazine rings is 1. The first-order chi connectivity index (χ1) is 17.0. The first-order valence-electron chi connectivity index (χ1n) is 11.2. The van der Waals surface area contributed by atoms with Crippen molar-refractivity contribution in [2.24, 2.45) is 0 Å². The molecule has 3 aromatic rings. The highest BCUT2D eigenvalue weighted by Gasteiger charge is 2.21. The van der Waals surface area contributed by atoms with Crippen molar-refractivity contribution < 1.29 is 9.59 Å². The third kappa shape index (κ3) is 6.68. The van der Waals surface area contributed by atoms with Gasteiger partial charge in [0.25, 0.3) is 5.91 Å². The molecule has 0 unspecified atom stereocenters. The molecule has 0 aliphatic carbocycles. The number of carbonyl (C=O) groups is 2. The highest BCUT2D eigenvalue weighted by atomic mass is 35.5. The fraction of sp³-hybridized carbons (Fsp3) is 0.148. The lowest BCUT2D eigenvalue weighted by Gasteiger charge is -2.36. The van der Waals surface area contributed by atoms with Crippen LogP contribution in [0.5, 0.6) is 0 Å². The number of amides is 2. The number of hydrogen-bond donors (Lipinski definition) is 2. The Labute approximate surface area is 215 Å². The molecule has 6 nitrogen and oxygen atoms in total. The topological polar surface area (TPSA) is 64.7 Å². The van der Waals surface area contributed by atoms with Gasteiger partial charge in [0.15, 0.2) is 5.11 Å². The maximum atomic E-state index is 12.5. The minimum atomic E-state index is -0.281. The van der Waals surface area contributed by atoms with Gasteiger partial charge in [-0.2, -0.15) is 0 Å².